The fourth-order valence-electron chi connectivity index (χ4n) is 2.41. The van der Waals surface area contributed by atoms with Crippen LogP contribution in [0.3, 0.4) is 0 Å². The molecular weight excluding hydrogens is 340 g/mol. The van der Waals surface area contributed by atoms with Gasteiger partial charge in [-0.05, 0) is 35.9 Å². The van der Waals surface area contributed by atoms with Crippen LogP contribution in [0.25, 0.3) is 11.0 Å². The first-order valence-electron chi connectivity index (χ1n) is 7.84. The highest BCUT2D eigenvalue weighted by atomic mass is 35.5. The van der Waals surface area contributed by atoms with Gasteiger partial charge >= 0.3 is 0 Å². The number of halogens is 1. The van der Waals surface area contributed by atoms with Crippen molar-refractivity contribution in [3.63, 3.8) is 0 Å². The fraction of sp³-hybridized carbons (Fsp3) is 0.167. The number of hydrogen-bond acceptors (Lipinski definition) is 3. The third-order valence-electron chi connectivity index (χ3n) is 3.69. The number of carbonyl (C=O) groups is 2. The minimum Gasteiger partial charge on any atom is -0.354 e. The first-order valence-corrected chi connectivity index (χ1v) is 8.22. The lowest BCUT2D eigenvalue weighted by Crippen LogP contribution is -2.35. The molecule has 0 atom stereocenters. The van der Waals surface area contributed by atoms with Gasteiger partial charge in [0.05, 0.1) is 23.8 Å². The molecule has 0 aliphatic carbocycles. The Balaban J connectivity index is 1.42. The third kappa shape index (κ3) is 4.58. The van der Waals surface area contributed by atoms with Gasteiger partial charge in [-0.3, -0.25) is 9.59 Å². The zero-order chi connectivity index (χ0) is 17.6. The van der Waals surface area contributed by atoms with E-state index in [0.717, 1.165) is 16.6 Å². The number of imidazole rings is 1. The number of rotatable bonds is 6. The van der Waals surface area contributed by atoms with E-state index in [9.17, 15) is 9.59 Å². The van der Waals surface area contributed by atoms with Crippen molar-refractivity contribution in [3.8, 4) is 0 Å². The summed E-state index contributed by atoms with van der Waals surface area (Å²) in [6.45, 7) is 0.719. The first kappa shape index (κ1) is 17.0. The Morgan fingerprint density at radius 1 is 1.04 bits per heavy atom. The summed E-state index contributed by atoms with van der Waals surface area (Å²) in [7, 11) is 0. The molecule has 0 saturated heterocycles. The van der Waals surface area contributed by atoms with Gasteiger partial charge in [-0.25, -0.2) is 4.98 Å². The fourth-order valence-corrected chi connectivity index (χ4v) is 2.53. The Hall–Kier alpha value is -2.86. The topological polar surface area (TPSA) is 86.9 Å². The van der Waals surface area contributed by atoms with Gasteiger partial charge in [0.1, 0.15) is 0 Å². The van der Waals surface area contributed by atoms with E-state index in [1.54, 1.807) is 36.7 Å². The third-order valence-corrected chi connectivity index (χ3v) is 3.95. The lowest BCUT2D eigenvalue weighted by Gasteiger charge is -2.07. The number of amides is 2. The van der Waals surface area contributed by atoms with Gasteiger partial charge < -0.3 is 15.6 Å². The van der Waals surface area contributed by atoms with E-state index in [-0.39, 0.29) is 18.2 Å². The predicted molar refractivity (Wildman–Crippen MR) is 96.6 cm³/mol. The van der Waals surface area contributed by atoms with Crippen molar-refractivity contribution in [1.29, 1.82) is 0 Å². The highest BCUT2D eigenvalue weighted by molar-refractivity contribution is 6.30. The molecule has 0 aliphatic heterocycles. The highest BCUT2D eigenvalue weighted by Crippen LogP contribution is 2.11. The number of nitrogens with one attached hydrogen (secondary N) is 3. The molecule has 2 amide bonds. The summed E-state index contributed by atoms with van der Waals surface area (Å²) < 4.78 is 0. The molecule has 0 unspecified atom stereocenters. The van der Waals surface area contributed by atoms with E-state index in [0.29, 0.717) is 23.7 Å². The van der Waals surface area contributed by atoms with Crippen LogP contribution in [0.2, 0.25) is 5.02 Å². The molecule has 0 radical (unpaired) electrons. The molecule has 3 aromatic rings. The summed E-state index contributed by atoms with van der Waals surface area (Å²) in [5, 5.41) is 6.19. The van der Waals surface area contributed by atoms with Crippen molar-refractivity contribution in [1.82, 2.24) is 20.6 Å². The normalized spacial score (nSPS) is 10.6. The number of benzene rings is 2. The largest absolute Gasteiger partial charge is 0.354 e. The Kier molecular flexibility index (Phi) is 5.30. The number of aromatic amines is 1. The molecular formula is C18H17ClN4O2. The van der Waals surface area contributed by atoms with Crippen LogP contribution in [0.15, 0.2) is 48.8 Å². The van der Waals surface area contributed by atoms with E-state index < -0.39 is 0 Å². The van der Waals surface area contributed by atoms with Crippen molar-refractivity contribution < 1.29 is 9.59 Å². The number of aromatic nitrogens is 2. The van der Waals surface area contributed by atoms with E-state index in [2.05, 4.69) is 20.6 Å². The first-order chi connectivity index (χ1) is 12.1. The molecule has 2 aromatic carbocycles. The van der Waals surface area contributed by atoms with Crippen LogP contribution in [-0.4, -0.2) is 34.9 Å². The summed E-state index contributed by atoms with van der Waals surface area (Å²) in [5.41, 5.74) is 3.05. The molecule has 3 N–H and O–H groups in total. The summed E-state index contributed by atoms with van der Waals surface area (Å²) >= 11 is 5.81. The minimum atomic E-state index is -0.191. The maximum Gasteiger partial charge on any atom is 0.251 e. The molecule has 0 aliphatic rings. The molecule has 6 nitrogen and oxygen atoms in total. The molecule has 25 heavy (non-hydrogen) atoms. The Labute approximate surface area is 149 Å². The van der Waals surface area contributed by atoms with Crippen molar-refractivity contribution in [3.05, 3.63) is 64.9 Å². The zero-order valence-electron chi connectivity index (χ0n) is 13.4. The second kappa shape index (κ2) is 7.81. The molecule has 3 rings (SSSR count). The van der Waals surface area contributed by atoms with E-state index >= 15 is 0 Å². The maximum atomic E-state index is 12.1. The maximum absolute atomic E-state index is 12.1. The SMILES string of the molecule is O=C(Cc1ccc(Cl)cc1)NCCNC(=O)c1ccc2nc[nH]c2c1. The molecule has 128 valence electrons. The van der Waals surface area contributed by atoms with Crippen molar-refractivity contribution in [2.45, 2.75) is 6.42 Å². The van der Waals surface area contributed by atoms with Crippen LogP contribution in [0.1, 0.15) is 15.9 Å². The lowest BCUT2D eigenvalue weighted by atomic mass is 10.1. The van der Waals surface area contributed by atoms with Gasteiger partial charge in [0.15, 0.2) is 0 Å². The van der Waals surface area contributed by atoms with Crippen molar-refractivity contribution >= 4 is 34.4 Å². The van der Waals surface area contributed by atoms with Crippen molar-refractivity contribution in [2.75, 3.05) is 13.1 Å². The molecule has 0 saturated carbocycles. The standard InChI is InChI=1S/C18H17ClN4O2/c19-14-4-1-12(2-5-14)9-17(24)20-7-8-21-18(25)13-3-6-15-16(10-13)23-11-22-15/h1-6,10-11H,7-9H2,(H,20,24)(H,21,25)(H,22,23). The smallest absolute Gasteiger partial charge is 0.251 e. The summed E-state index contributed by atoms with van der Waals surface area (Å²) in [5.74, 6) is -0.293. The quantitative estimate of drug-likeness (QED) is 0.592. The minimum absolute atomic E-state index is 0.101. The van der Waals surface area contributed by atoms with Crippen LogP contribution >= 0.6 is 11.6 Å². The van der Waals surface area contributed by atoms with Crippen molar-refractivity contribution in [2.24, 2.45) is 0 Å². The number of hydrogen-bond donors (Lipinski definition) is 3. The molecule has 0 fully saturated rings. The monoisotopic (exact) mass is 356 g/mol. The average Bonchev–Trinajstić information content (AvgIpc) is 3.08. The summed E-state index contributed by atoms with van der Waals surface area (Å²) in [4.78, 5) is 31.0. The molecule has 7 heteroatoms. The number of nitrogens with zero attached hydrogens (tertiary/aromatic N) is 1. The van der Waals surface area contributed by atoms with Gasteiger partial charge in [0.2, 0.25) is 5.91 Å². The van der Waals surface area contributed by atoms with Crippen LogP contribution in [0, 0.1) is 0 Å². The number of fused-ring (bicyclic) bond motifs is 1. The lowest BCUT2D eigenvalue weighted by molar-refractivity contribution is -0.120. The average molecular weight is 357 g/mol. The molecule has 0 bridgehead atoms. The number of carbonyl (C=O) groups excluding carboxylic acids is 2. The van der Waals surface area contributed by atoms with Gasteiger partial charge in [-0.1, -0.05) is 23.7 Å². The Morgan fingerprint density at radius 3 is 2.60 bits per heavy atom. The van der Waals surface area contributed by atoms with Gasteiger partial charge in [-0.15, -0.1) is 0 Å². The van der Waals surface area contributed by atoms with E-state index in [4.69, 9.17) is 11.6 Å². The van der Waals surface area contributed by atoms with Crippen LogP contribution in [0.4, 0.5) is 0 Å². The van der Waals surface area contributed by atoms with E-state index in [1.807, 2.05) is 12.1 Å². The Morgan fingerprint density at radius 2 is 1.80 bits per heavy atom. The van der Waals surface area contributed by atoms with Gasteiger partial charge in [0.25, 0.3) is 5.91 Å². The van der Waals surface area contributed by atoms with Crippen LogP contribution in [-0.2, 0) is 11.2 Å². The zero-order valence-corrected chi connectivity index (χ0v) is 14.1. The summed E-state index contributed by atoms with van der Waals surface area (Å²) in [6, 6.07) is 12.4. The Bertz CT molecular complexity index is 889. The molecule has 1 heterocycles. The van der Waals surface area contributed by atoms with Gasteiger partial charge in [0, 0.05) is 23.7 Å². The van der Waals surface area contributed by atoms with Crippen LogP contribution < -0.4 is 10.6 Å². The number of H-pyrrole nitrogens is 1. The van der Waals surface area contributed by atoms with E-state index in [1.165, 1.54) is 0 Å². The second-order valence-corrected chi connectivity index (χ2v) is 5.98. The van der Waals surface area contributed by atoms with Gasteiger partial charge in [-0.2, -0.15) is 0 Å². The summed E-state index contributed by atoms with van der Waals surface area (Å²) in [6.07, 6.45) is 1.87. The second-order valence-electron chi connectivity index (χ2n) is 5.54. The molecule has 1 aromatic heterocycles. The molecule has 0 spiro atoms. The highest BCUT2D eigenvalue weighted by Gasteiger charge is 2.07. The predicted octanol–water partition coefficient (Wildman–Crippen LogP) is 2.30. The van der Waals surface area contributed by atoms with Crippen LogP contribution in [0.5, 0.6) is 0 Å².